The largest absolute Gasteiger partial charge is 0.495 e. The van der Waals surface area contributed by atoms with Gasteiger partial charge < -0.3 is 15.6 Å². The molecule has 14 heavy (non-hydrogen) atoms. The van der Waals surface area contributed by atoms with Crippen molar-refractivity contribution < 1.29 is 14.6 Å². The minimum atomic E-state index is -1.16. The lowest BCUT2D eigenvalue weighted by Crippen LogP contribution is -2.09. The average molecular weight is 194 g/mol. The van der Waals surface area contributed by atoms with E-state index in [1.807, 2.05) is 0 Å². The van der Waals surface area contributed by atoms with Crippen LogP contribution < -0.4 is 10.5 Å². The zero-order chi connectivity index (χ0) is 10.6. The number of aliphatic carboxylic acids is 1. The van der Waals surface area contributed by atoms with Crippen LogP contribution in [0.15, 0.2) is 24.2 Å². The van der Waals surface area contributed by atoms with Crippen LogP contribution in [-0.2, 0) is 4.79 Å². The molecule has 3 N–H and O–H groups in total. The van der Waals surface area contributed by atoms with E-state index in [1.54, 1.807) is 6.07 Å². The lowest BCUT2D eigenvalue weighted by molar-refractivity contribution is -0.132. The van der Waals surface area contributed by atoms with Gasteiger partial charge in [-0.2, -0.15) is 0 Å². The van der Waals surface area contributed by atoms with Crippen molar-refractivity contribution in [3.05, 3.63) is 29.7 Å². The number of hydrogen-bond donors (Lipinski definition) is 2. The molecule has 0 aromatic carbocycles. The number of pyridine rings is 1. The minimum absolute atomic E-state index is 0.236. The average Bonchev–Trinajstić information content (AvgIpc) is 2.18. The zero-order valence-electron chi connectivity index (χ0n) is 7.60. The van der Waals surface area contributed by atoms with Crippen LogP contribution in [0.2, 0.25) is 0 Å². The molecule has 1 rings (SSSR count). The number of nitrogens with two attached hydrogens (primary N) is 1. The molecule has 0 radical (unpaired) electrons. The van der Waals surface area contributed by atoms with Gasteiger partial charge in [-0.05, 0) is 17.7 Å². The quantitative estimate of drug-likeness (QED) is 0.683. The first-order valence-electron chi connectivity index (χ1n) is 3.83. The molecule has 1 aromatic rings. The highest BCUT2D eigenvalue weighted by molar-refractivity contribution is 5.90. The highest BCUT2D eigenvalue weighted by Gasteiger charge is 2.01. The number of carbonyl (C=O) groups is 1. The maximum Gasteiger partial charge on any atom is 0.351 e. The van der Waals surface area contributed by atoms with Crippen LogP contribution in [0, 0.1) is 0 Å². The Kier molecular flexibility index (Phi) is 3.06. The smallest absolute Gasteiger partial charge is 0.351 e. The Labute approximate surface area is 80.8 Å². The van der Waals surface area contributed by atoms with E-state index in [9.17, 15) is 4.79 Å². The number of carboxylic acid groups (broad SMARTS) is 1. The molecule has 0 aliphatic carbocycles. The van der Waals surface area contributed by atoms with Crippen LogP contribution in [-0.4, -0.2) is 23.2 Å². The second-order valence-corrected chi connectivity index (χ2v) is 2.56. The van der Waals surface area contributed by atoms with Gasteiger partial charge in [0.05, 0.1) is 13.3 Å². The van der Waals surface area contributed by atoms with E-state index in [2.05, 4.69) is 4.98 Å². The summed E-state index contributed by atoms with van der Waals surface area (Å²) in [6.07, 6.45) is 4.34. The minimum Gasteiger partial charge on any atom is -0.495 e. The summed E-state index contributed by atoms with van der Waals surface area (Å²) in [7, 11) is 1.51. The summed E-state index contributed by atoms with van der Waals surface area (Å²) in [5.74, 6) is -0.607. The lowest BCUT2D eigenvalue weighted by Gasteiger charge is -1.99. The summed E-state index contributed by atoms with van der Waals surface area (Å²) in [6, 6.07) is 1.64. The molecule has 5 nitrogen and oxygen atoms in total. The van der Waals surface area contributed by atoms with E-state index in [0.29, 0.717) is 11.3 Å². The highest BCUT2D eigenvalue weighted by Crippen LogP contribution is 2.12. The second-order valence-electron chi connectivity index (χ2n) is 2.56. The fourth-order valence-corrected chi connectivity index (χ4v) is 0.867. The summed E-state index contributed by atoms with van der Waals surface area (Å²) < 4.78 is 4.92. The molecule has 0 unspecified atom stereocenters. The SMILES string of the molecule is COc1cncc(/C=C(\N)C(=O)O)c1. The van der Waals surface area contributed by atoms with E-state index >= 15 is 0 Å². The molecule has 1 aromatic heterocycles. The predicted octanol–water partition coefficient (Wildman–Crippen LogP) is 0.474. The van der Waals surface area contributed by atoms with Gasteiger partial charge in [-0.25, -0.2) is 4.79 Å². The van der Waals surface area contributed by atoms with E-state index in [0.717, 1.165) is 0 Å². The molecule has 0 fully saturated rings. The van der Waals surface area contributed by atoms with Gasteiger partial charge in [0, 0.05) is 6.20 Å². The molecule has 0 saturated heterocycles. The van der Waals surface area contributed by atoms with Crippen molar-refractivity contribution in [3.8, 4) is 5.75 Å². The van der Waals surface area contributed by atoms with Crippen molar-refractivity contribution in [1.82, 2.24) is 4.98 Å². The van der Waals surface area contributed by atoms with Gasteiger partial charge in [0.15, 0.2) is 0 Å². The summed E-state index contributed by atoms with van der Waals surface area (Å²) in [6.45, 7) is 0. The van der Waals surface area contributed by atoms with Gasteiger partial charge in [0.25, 0.3) is 0 Å². The summed E-state index contributed by atoms with van der Waals surface area (Å²) >= 11 is 0. The molecule has 5 heteroatoms. The van der Waals surface area contributed by atoms with Gasteiger partial charge in [-0.1, -0.05) is 0 Å². The summed E-state index contributed by atoms with van der Waals surface area (Å²) in [5, 5.41) is 8.52. The predicted molar refractivity (Wildman–Crippen MR) is 50.6 cm³/mol. The van der Waals surface area contributed by atoms with Crippen molar-refractivity contribution in [3.63, 3.8) is 0 Å². The standard InChI is InChI=1S/C9H10N2O3/c1-14-7-2-6(4-11-5-7)3-8(10)9(12)13/h2-5H,10H2,1H3,(H,12,13)/b8-3-. The first kappa shape index (κ1) is 10.0. The van der Waals surface area contributed by atoms with Gasteiger partial charge in [0.1, 0.15) is 11.4 Å². The van der Waals surface area contributed by atoms with E-state index < -0.39 is 5.97 Å². The Morgan fingerprint density at radius 3 is 2.93 bits per heavy atom. The third-order valence-corrected chi connectivity index (χ3v) is 1.54. The molecular weight excluding hydrogens is 184 g/mol. The fourth-order valence-electron chi connectivity index (χ4n) is 0.867. The van der Waals surface area contributed by atoms with Gasteiger partial charge in [0.2, 0.25) is 0 Å². The molecule has 0 amide bonds. The first-order valence-corrected chi connectivity index (χ1v) is 3.83. The van der Waals surface area contributed by atoms with Crippen molar-refractivity contribution >= 4 is 12.0 Å². The summed E-state index contributed by atoms with van der Waals surface area (Å²) in [4.78, 5) is 14.3. The van der Waals surface area contributed by atoms with Crippen molar-refractivity contribution in [2.75, 3.05) is 7.11 Å². The zero-order valence-corrected chi connectivity index (χ0v) is 7.60. The molecule has 0 bridgehead atoms. The third-order valence-electron chi connectivity index (χ3n) is 1.54. The first-order chi connectivity index (χ1) is 6.63. The Balaban J connectivity index is 2.97. The molecule has 0 aliphatic rings. The van der Waals surface area contributed by atoms with E-state index in [1.165, 1.54) is 25.6 Å². The van der Waals surface area contributed by atoms with Crippen LogP contribution >= 0.6 is 0 Å². The van der Waals surface area contributed by atoms with Gasteiger partial charge in [-0.15, -0.1) is 0 Å². The van der Waals surface area contributed by atoms with Gasteiger partial charge in [-0.3, -0.25) is 4.98 Å². The number of rotatable bonds is 3. The van der Waals surface area contributed by atoms with Crippen molar-refractivity contribution in [1.29, 1.82) is 0 Å². The monoisotopic (exact) mass is 194 g/mol. The van der Waals surface area contributed by atoms with Crippen LogP contribution in [0.25, 0.3) is 6.08 Å². The number of ether oxygens (including phenoxy) is 1. The second kappa shape index (κ2) is 4.27. The highest BCUT2D eigenvalue weighted by atomic mass is 16.5. The number of aromatic nitrogens is 1. The Hall–Kier alpha value is -2.04. The maximum absolute atomic E-state index is 10.4. The third kappa shape index (κ3) is 2.48. The Morgan fingerprint density at radius 1 is 1.64 bits per heavy atom. The Morgan fingerprint density at radius 2 is 2.36 bits per heavy atom. The normalized spacial score (nSPS) is 11.1. The molecule has 0 atom stereocenters. The maximum atomic E-state index is 10.4. The topological polar surface area (TPSA) is 85.4 Å². The number of methoxy groups -OCH3 is 1. The fraction of sp³-hybridized carbons (Fsp3) is 0.111. The molecule has 0 aliphatic heterocycles. The number of carboxylic acids is 1. The van der Waals surface area contributed by atoms with E-state index in [-0.39, 0.29) is 5.70 Å². The number of hydrogen-bond acceptors (Lipinski definition) is 4. The Bertz CT molecular complexity index is 374. The summed E-state index contributed by atoms with van der Waals surface area (Å²) in [5.41, 5.74) is 5.58. The van der Waals surface area contributed by atoms with E-state index in [4.69, 9.17) is 15.6 Å². The molecule has 0 spiro atoms. The van der Waals surface area contributed by atoms with Crippen LogP contribution in [0.3, 0.4) is 0 Å². The lowest BCUT2D eigenvalue weighted by atomic mass is 10.2. The van der Waals surface area contributed by atoms with Crippen LogP contribution in [0.1, 0.15) is 5.56 Å². The van der Waals surface area contributed by atoms with Gasteiger partial charge >= 0.3 is 5.97 Å². The molecule has 1 heterocycles. The number of nitrogens with zero attached hydrogens (tertiary/aromatic N) is 1. The molecule has 0 saturated carbocycles. The van der Waals surface area contributed by atoms with Crippen LogP contribution in [0.5, 0.6) is 5.75 Å². The van der Waals surface area contributed by atoms with Crippen molar-refractivity contribution in [2.24, 2.45) is 5.73 Å². The molecular formula is C9H10N2O3. The molecule has 74 valence electrons. The van der Waals surface area contributed by atoms with Crippen molar-refractivity contribution in [2.45, 2.75) is 0 Å². The van der Waals surface area contributed by atoms with Crippen LogP contribution in [0.4, 0.5) is 0 Å².